The van der Waals surface area contributed by atoms with E-state index in [1.54, 1.807) is 29.2 Å². The molecule has 23 heavy (non-hydrogen) atoms. The summed E-state index contributed by atoms with van der Waals surface area (Å²) in [5.74, 6) is -0.704. The lowest BCUT2D eigenvalue weighted by Gasteiger charge is -2.09. The van der Waals surface area contributed by atoms with Crippen LogP contribution >= 0.6 is 0 Å². The predicted molar refractivity (Wildman–Crippen MR) is 85.5 cm³/mol. The summed E-state index contributed by atoms with van der Waals surface area (Å²) in [5.41, 5.74) is 6.68. The van der Waals surface area contributed by atoms with Gasteiger partial charge in [0.05, 0.1) is 18.6 Å². The van der Waals surface area contributed by atoms with Gasteiger partial charge in [-0.2, -0.15) is 0 Å². The van der Waals surface area contributed by atoms with Gasteiger partial charge in [-0.05, 0) is 43.9 Å². The molecule has 1 aliphatic carbocycles. The summed E-state index contributed by atoms with van der Waals surface area (Å²) in [6, 6.07) is 7.11. The van der Waals surface area contributed by atoms with E-state index in [0.717, 1.165) is 18.5 Å². The number of carboxylic acids is 1. The van der Waals surface area contributed by atoms with Crippen LogP contribution < -0.4 is 5.73 Å². The summed E-state index contributed by atoms with van der Waals surface area (Å²) in [6.07, 6.45) is 5.68. The van der Waals surface area contributed by atoms with Gasteiger partial charge in [0, 0.05) is 11.9 Å². The Bertz CT molecular complexity index is 760. The Kier molecular flexibility index (Phi) is 3.89. The smallest absolute Gasteiger partial charge is 0.316 e. The zero-order chi connectivity index (χ0) is 16.4. The third-order valence-electron chi connectivity index (χ3n) is 4.56. The molecule has 0 amide bonds. The van der Waals surface area contributed by atoms with E-state index in [1.807, 2.05) is 12.1 Å². The van der Waals surface area contributed by atoms with Crippen molar-refractivity contribution in [2.24, 2.45) is 11.7 Å². The molecule has 3 N–H and O–H groups in total. The Morgan fingerprint density at radius 2 is 2.22 bits per heavy atom. The van der Waals surface area contributed by atoms with Crippen molar-refractivity contribution >= 4 is 11.7 Å². The molecule has 0 aliphatic heterocycles. The molecule has 0 spiro atoms. The Morgan fingerprint density at radius 1 is 1.48 bits per heavy atom. The van der Waals surface area contributed by atoms with Gasteiger partial charge in [0.15, 0.2) is 5.69 Å². The standard InChI is InChI=1S/C17H18N4O2/c1-19-13-4-6-14(7-5-13)21-10-15(20-11-21)17(16(22)23)9-12(17)3-2-8-18/h4-7,10-12H,2-3,8-9,18H2,(H,22,23). The van der Waals surface area contributed by atoms with Crippen LogP contribution in [0.1, 0.15) is 25.0 Å². The Balaban J connectivity index is 1.85. The fraction of sp³-hybridized carbons (Fsp3) is 0.353. The minimum atomic E-state index is -0.864. The van der Waals surface area contributed by atoms with E-state index in [0.29, 0.717) is 24.3 Å². The summed E-state index contributed by atoms with van der Waals surface area (Å²) in [6.45, 7) is 7.55. The zero-order valence-electron chi connectivity index (χ0n) is 12.6. The number of aromatic nitrogens is 2. The summed E-state index contributed by atoms with van der Waals surface area (Å²) < 4.78 is 1.80. The quantitative estimate of drug-likeness (QED) is 0.803. The first-order valence-corrected chi connectivity index (χ1v) is 7.57. The van der Waals surface area contributed by atoms with Gasteiger partial charge in [0.1, 0.15) is 5.41 Å². The molecule has 3 rings (SSSR count). The summed E-state index contributed by atoms with van der Waals surface area (Å²) in [4.78, 5) is 19.5. The van der Waals surface area contributed by atoms with Crippen LogP contribution in [-0.4, -0.2) is 27.2 Å². The van der Waals surface area contributed by atoms with E-state index in [2.05, 4.69) is 9.83 Å². The van der Waals surface area contributed by atoms with E-state index in [4.69, 9.17) is 12.3 Å². The topological polar surface area (TPSA) is 85.5 Å². The average molecular weight is 310 g/mol. The second-order valence-electron chi connectivity index (χ2n) is 5.90. The number of nitrogens with zero attached hydrogens (tertiary/aromatic N) is 3. The molecule has 6 nitrogen and oxygen atoms in total. The minimum absolute atomic E-state index is 0.108. The first-order valence-electron chi connectivity index (χ1n) is 7.57. The van der Waals surface area contributed by atoms with E-state index in [1.165, 1.54) is 0 Å². The first kappa shape index (κ1) is 15.3. The molecule has 0 bridgehead atoms. The van der Waals surface area contributed by atoms with Crippen LogP contribution in [0.15, 0.2) is 36.8 Å². The minimum Gasteiger partial charge on any atom is -0.481 e. The number of carbonyl (C=O) groups is 1. The fourth-order valence-corrected chi connectivity index (χ4v) is 3.12. The van der Waals surface area contributed by atoms with Crippen molar-refractivity contribution in [3.05, 3.63) is 53.9 Å². The number of rotatable bonds is 6. The number of imidazole rings is 1. The van der Waals surface area contributed by atoms with Gasteiger partial charge in [-0.1, -0.05) is 12.1 Å². The van der Waals surface area contributed by atoms with Crippen molar-refractivity contribution in [3.8, 4) is 5.69 Å². The molecule has 1 aliphatic rings. The third-order valence-corrected chi connectivity index (χ3v) is 4.56. The molecule has 2 aromatic rings. The van der Waals surface area contributed by atoms with Crippen molar-refractivity contribution in [3.63, 3.8) is 0 Å². The molecular formula is C17H18N4O2. The van der Waals surface area contributed by atoms with Gasteiger partial charge >= 0.3 is 5.97 Å². The lowest BCUT2D eigenvalue weighted by molar-refractivity contribution is -0.140. The van der Waals surface area contributed by atoms with Crippen molar-refractivity contribution in [1.82, 2.24) is 9.55 Å². The van der Waals surface area contributed by atoms with E-state index in [-0.39, 0.29) is 5.92 Å². The Hall–Kier alpha value is -2.65. The third kappa shape index (κ3) is 2.60. The van der Waals surface area contributed by atoms with Crippen molar-refractivity contribution in [1.29, 1.82) is 0 Å². The second kappa shape index (κ2) is 5.86. The molecule has 1 fully saturated rings. The maximum atomic E-state index is 11.8. The van der Waals surface area contributed by atoms with Gasteiger partial charge in [0.25, 0.3) is 0 Å². The van der Waals surface area contributed by atoms with E-state index >= 15 is 0 Å². The SMILES string of the molecule is [C-]#[N+]c1ccc(-n2cnc(C3(C(=O)O)CC3CCCN)c2)cc1. The zero-order valence-corrected chi connectivity index (χ0v) is 12.6. The molecule has 2 atom stereocenters. The lowest BCUT2D eigenvalue weighted by atomic mass is 9.98. The van der Waals surface area contributed by atoms with Crippen LogP contribution in [0.5, 0.6) is 0 Å². The molecule has 118 valence electrons. The van der Waals surface area contributed by atoms with Crippen LogP contribution in [0.3, 0.4) is 0 Å². The molecule has 6 heteroatoms. The van der Waals surface area contributed by atoms with Crippen LogP contribution in [0.2, 0.25) is 0 Å². The summed E-state index contributed by atoms with van der Waals surface area (Å²) in [5, 5.41) is 9.66. The number of hydrogen-bond donors (Lipinski definition) is 2. The maximum absolute atomic E-state index is 11.8. The highest BCUT2D eigenvalue weighted by Gasteiger charge is 2.62. The summed E-state index contributed by atoms with van der Waals surface area (Å²) >= 11 is 0. The number of carboxylic acid groups (broad SMARTS) is 1. The Morgan fingerprint density at radius 3 is 2.83 bits per heavy atom. The normalized spacial score (nSPS) is 22.5. The average Bonchev–Trinajstić information content (AvgIpc) is 3.10. The highest BCUT2D eigenvalue weighted by Crippen LogP contribution is 2.56. The fourth-order valence-electron chi connectivity index (χ4n) is 3.12. The van der Waals surface area contributed by atoms with Crippen molar-refractivity contribution < 1.29 is 9.90 Å². The number of hydrogen-bond acceptors (Lipinski definition) is 3. The van der Waals surface area contributed by atoms with Gasteiger partial charge < -0.3 is 15.4 Å². The molecule has 1 heterocycles. The van der Waals surface area contributed by atoms with Crippen LogP contribution in [-0.2, 0) is 10.2 Å². The molecule has 1 aromatic heterocycles. The molecule has 0 saturated heterocycles. The van der Waals surface area contributed by atoms with Gasteiger partial charge in [-0.15, -0.1) is 0 Å². The van der Waals surface area contributed by atoms with E-state index < -0.39 is 11.4 Å². The van der Waals surface area contributed by atoms with Crippen LogP contribution in [0, 0.1) is 12.5 Å². The van der Waals surface area contributed by atoms with Crippen molar-refractivity contribution in [2.75, 3.05) is 6.54 Å². The molecule has 1 aromatic carbocycles. The lowest BCUT2D eigenvalue weighted by Crippen LogP contribution is -2.23. The van der Waals surface area contributed by atoms with Gasteiger partial charge in [-0.3, -0.25) is 4.79 Å². The second-order valence-corrected chi connectivity index (χ2v) is 5.90. The highest BCUT2D eigenvalue weighted by molar-refractivity contribution is 5.85. The van der Waals surface area contributed by atoms with Crippen LogP contribution in [0.4, 0.5) is 5.69 Å². The predicted octanol–water partition coefficient (Wildman–Crippen LogP) is 2.50. The number of benzene rings is 1. The molecule has 1 saturated carbocycles. The van der Waals surface area contributed by atoms with E-state index in [9.17, 15) is 9.90 Å². The first-order chi connectivity index (χ1) is 11.1. The van der Waals surface area contributed by atoms with Crippen LogP contribution in [0.25, 0.3) is 10.5 Å². The van der Waals surface area contributed by atoms with Gasteiger partial charge in [-0.25, -0.2) is 9.83 Å². The monoisotopic (exact) mass is 310 g/mol. The Labute approximate surface area is 134 Å². The van der Waals surface area contributed by atoms with Crippen molar-refractivity contribution in [2.45, 2.75) is 24.7 Å². The number of aliphatic carboxylic acids is 1. The maximum Gasteiger partial charge on any atom is 0.316 e. The molecular weight excluding hydrogens is 292 g/mol. The largest absolute Gasteiger partial charge is 0.481 e. The highest BCUT2D eigenvalue weighted by atomic mass is 16.4. The number of nitrogens with two attached hydrogens (primary N) is 1. The molecule has 2 unspecified atom stereocenters. The summed E-state index contributed by atoms with van der Waals surface area (Å²) in [7, 11) is 0. The van der Waals surface area contributed by atoms with Gasteiger partial charge in [0.2, 0.25) is 0 Å². The molecule has 0 radical (unpaired) electrons.